The number of amides is 2. The fourth-order valence-electron chi connectivity index (χ4n) is 3.15. The molecule has 2 heterocycles. The number of carbonyl (C=O) groups is 2. The Hall–Kier alpha value is -2.63. The first-order chi connectivity index (χ1) is 11.6. The Morgan fingerprint density at radius 2 is 2.12 bits per heavy atom. The third-order valence-corrected chi connectivity index (χ3v) is 4.45. The number of nitrogens with zero attached hydrogens (tertiary/aromatic N) is 3. The number of rotatable bonds is 5. The number of anilines is 1. The molecule has 1 fully saturated rings. The van der Waals surface area contributed by atoms with Gasteiger partial charge in [0.1, 0.15) is 6.04 Å². The largest absolute Gasteiger partial charge is 0.344 e. The van der Waals surface area contributed by atoms with Crippen molar-refractivity contribution in [3.8, 4) is 0 Å². The zero-order valence-electron chi connectivity index (χ0n) is 14.0. The van der Waals surface area contributed by atoms with E-state index in [1.807, 2.05) is 44.3 Å². The number of carbonyl (C=O) groups excluding carboxylic acids is 2. The lowest BCUT2D eigenvalue weighted by Crippen LogP contribution is -2.43. The van der Waals surface area contributed by atoms with Gasteiger partial charge in [0.2, 0.25) is 11.8 Å². The van der Waals surface area contributed by atoms with Crippen molar-refractivity contribution in [2.24, 2.45) is 7.05 Å². The molecule has 1 aromatic carbocycles. The van der Waals surface area contributed by atoms with Crippen molar-refractivity contribution in [2.75, 3.05) is 11.4 Å². The van der Waals surface area contributed by atoms with Crippen LogP contribution in [0.4, 0.5) is 5.69 Å². The molecule has 2 atom stereocenters. The lowest BCUT2D eigenvalue weighted by Gasteiger charge is -2.19. The quantitative estimate of drug-likeness (QED) is 0.911. The van der Waals surface area contributed by atoms with Gasteiger partial charge in [-0.3, -0.25) is 14.3 Å². The standard InChI is InChI=1S/C18H22N4O2/c1-3-15(13-7-5-4-6-8-13)17(23)20-16-9-10-22(18(16)24)14-11-19-21(2)12-14/h4-8,11-12,15-16H,3,9-10H2,1-2H3,(H,20,23)/t15-,16+/m1/s1. The molecule has 0 spiro atoms. The summed E-state index contributed by atoms with van der Waals surface area (Å²) in [6, 6.07) is 9.22. The minimum Gasteiger partial charge on any atom is -0.344 e. The van der Waals surface area contributed by atoms with Crippen LogP contribution in [0.3, 0.4) is 0 Å². The maximum atomic E-state index is 12.6. The summed E-state index contributed by atoms with van der Waals surface area (Å²) in [6.45, 7) is 2.58. The number of hydrogen-bond acceptors (Lipinski definition) is 3. The van der Waals surface area contributed by atoms with Gasteiger partial charge in [-0.1, -0.05) is 37.3 Å². The predicted octanol–water partition coefficient (Wildman–Crippen LogP) is 1.84. The summed E-state index contributed by atoms with van der Waals surface area (Å²) < 4.78 is 1.66. The van der Waals surface area contributed by atoms with Crippen LogP contribution in [-0.2, 0) is 16.6 Å². The van der Waals surface area contributed by atoms with Crippen molar-refractivity contribution in [1.29, 1.82) is 0 Å². The fraction of sp³-hybridized carbons (Fsp3) is 0.389. The van der Waals surface area contributed by atoms with Crippen molar-refractivity contribution >= 4 is 17.5 Å². The van der Waals surface area contributed by atoms with Gasteiger partial charge in [0, 0.05) is 19.8 Å². The minimum atomic E-state index is -0.463. The molecule has 1 aliphatic heterocycles. The Morgan fingerprint density at radius 1 is 1.38 bits per heavy atom. The molecule has 0 bridgehead atoms. The highest BCUT2D eigenvalue weighted by Gasteiger charge is 2.35. The van der Waals surface area contributed by atoms with E-state index in [4.69, 9.17) is 0 Å². The van der Waals surface area contributed by atoms with Gasteiger partial charge in [0.25, 0.3) is 0 Å². The van der Waals surface area contributed by atoms with E-state index in [9.17, 15) is 9.59 Å². The van der Waals surface area contributed by atoms with Crippen LogP contribution in [0.25, 0.3) is 0 Å². The zero-order valence-corrected chi connectivity index (χ0v) is 14.0. The van der Waals surface area contributed by atoms with Crippen LogP contribution in [0.2, 0.25) is 0 Å². The Labute approximate surface area is 141 Å². The van der Waals surface area contributed by atoms with Gasteiger partial charge in [-0.2, -0.15) is 5.10 Å². The van der Waals surface area contributed by atoms with Crippen LogP contribution in [-0.4, -0.2) is 34.2 Å². The molecule has 0 aliphatic carbocycles. The molecule has 2 amide bonds. The molecule has 2 aromatic rings. The molecule has 0 unspecified atom stereocenters. The lowest BCUT2D eigenvalue weighted by atomic mass is 9.95. The van der Waals surface area contributed by atoms with E-state index >= 15 is 0 Å². The van der Waals surface area contributed by atoms with Crippen molar-refractivity contribution in [2.45, 2.75) is 31.7 Å². The summed E-state index contributed by atoms with van der Waals surface area (Å²) in [5, 5.41) is 7.03. The highest BCUT2D eigenvalue weighted by Crippen LogP contribution is 2.23. The van der Waals surface area contributed by atoms with Crippen LogP contribution in [0.5, 0.6) is 0 Å². The first kappa shape index (κ1) is 16.2. The molecule has 0 radical (unpaired) electrons. The Balaban J connectivity index is 1.67. The van der Waals surface area contributed by atoms with Gasteiger partial charge < -0.3 is 10.2 Å². The van der Waals surface area contributed by atoms with Crippen LogP contribution < -0.4 is 10.2 Å². The van der Waals surface area contributed by atoms with E-state index in [0.717, 1.165) is 11.3 Å². The highest BCUT2D eigenvalue weighted by atomic mass is 16.2. The molecular formula is C18H22N4O2. The molecule has 1 saturated heterocycles. The van der Waals surface area contributed by atoms with E-state index in [1.165, 1.54) is 0 Å². The molecule has 1 aliphatic rings. The maximum absolute atomic E-state index is 12.6. The molecule has 1 aromatic heterocycles. The molecular weight excluding hydrogens is 304 g/mol. The summed E-state index contributed by atoms with van der Waals surface area (Å²) in [6.07, 6.45) is 4.79. The zero-order chi connectivity index (χ0) is 17.1. The van der Waals surface area contributed by atoms with Gasteiger partial charge in [-0.25, -0.2) is 0 Å². The minimum absolute atomic E-state index is 0.0701. The van der Waals surface area contributed by atoms with E-state index in [1.54, 1.807) is 22.0 Å². The Bertz CT molecular complexity index is 726. The second-order valence-corrected chi connectivity index (χ2v) is 6.08. The molecule has 1 N–H and O–H groups in total. The van der Waals surface area contributed by atoms with Gasteiger partial charge in [0.05, 0.1) is 17.8 Å². The number of aryl methyl sites for hydroxylation is 1. The second-order valence-electron chi connectivity index (χ2n) is 6.08. The number of aromatic nitrogens is 2. The third-order valence-electron chi connectivity index (χ3n) is 4.45. The second kappa shape index (κ2) is 6.86. The van der Waals surface area contributed by atoms with Crippen LogP contribution in [0.1, 0.15) is 31.2 Å². The Kier molecular flexibility index (Phi) is 4.64. The third kappa shape index (κ3) is 3.18. The first-order valence-corrected chi connectivity index (χ1v) is 8.25. The van der Waals surface area contributed by atoms with Crippen LogP contribution in [0, 0.1) is 0 Å². The van der Waals surface area contributed by atoms with E-state index in [0.29, 0.717) is 19.4 Å². The lowest BCUT2D eigenvalue weighted by molar-refractivity contribution is -0.127. The van der Waals surface area contributed by atoms with Crippen molar-refractivity contribution in [1.82, 2.24) is 15.1 Å². The van der Waals surface area contributed by atoms with Crippen LogP contribution in [0.15, 0.2) is 42.7 Å². The number of nitrogens with one attached hydrogen (secondary N) is 1. The SMILES string of the molecule is CC[C@@H](C(=O)N[C@H]1CCN(c2cnn(C)c2)C1=O)c1ccccc1. The van der Waals surface area contributed by atoms with Crippen molar-refractivity contribution < 1.29 is 9.59 Å². The van der Waals surface area contributed by atoms with Gasteiger partial charge in [-0.15, -0.1) is 0 Å². The maximum Gasteiger partial charge on any atom is 0.249 e. The van der Waals surface area contributed by atoms with E-state index in [-0.39, 0.29) is 17.7 Å². The fourth-order valence-corrected chi connectivity index (χ4v) is 3.15. The number of hydrogen-bond donors (Lipinski definition) is 1. The van der Waals surface area contributed by atoms with Gasteiger partial charge in [0.15, 0.2) is 0 Å². The topological polar surface area (TPSA) is 67.2 Å². The van der Waals surface area contributed by atoms with E-state index in [2.05, 4.69) is 10.4 Å². The van der Waals surface area contributed by atoms with Crippen LogP contribution >= 0.6 is 0 Å². The normalized spacial score (nSPS) is 18.7. The predicted molar refractivity (Wildman–Crippen MR) is 91.6 cm³/mol. The highest BCUT2D eigenvalue weighted by molar-refractivity contribution is 6.01. The Morgan fingerprint density at radius 3 is 2.75 bits per heavy atom. The molecule has 6 heteroatoms. The molecule has 3 rings (SSSR count). The smallest absolute Gasteiger partial charge is 0.249 e. The summed E-state index contributed by atoms with van der Waals surface area (Å²) in [5.74, 6) is -0.388. The molecule has 126 valence electrons. The summed E-state index contributed by atoms with van der Waals surface area (Å²) in [4.78, 5) is 26.9. The van der Waals surface area contributed by atoms with Gasteiger partial charge in [-0.05, 0) is 18.4 Å². The molecule has 0 saturated carbocycles. The summed E-state index contributed by atoms with van der Waals surface area (Å²) in [5.41, 5.74) is 1.75. The number of benzene rings is 1. The van der Waals surface area contributed by atoms with Gasteiger partial charge >= 0.3 is 0 Å². The molecule has 6 nitrogen and oxygen atoms in total. The average molecular weight is 326 g/mol. The average Bonchev–Trinajstić information content (AvgIpc) is 3.16. The first-order valence-electron chi connectivity index (χ1n) is 8.25. The summed E-state index contributed by atoms with van der Waals surface area (Å²) >= 11 is 0. The summed E-state index contributed by atoms with van der Waals surface area (Å²) in [7, 11) is 1.81. The van der Waals surface area contributed by atoms with Crippen molar-refractivity contribution in [3.05, 3.63) is 48.3 Å². The monoisotopic (exact) mass is 326 g/mol. The van der Waals surface area contributed by atoms with E-state index < -0.39 is 6.04 Å². The van der Waals surface area contributed by atoms with Crippen molar-refractivity contribution in [3.63, 3.8) is 0 Å². The molecule has 24 heavy (non-hydrogen) atoms.